The number of carbonyl (C=O) groups is 2. The lowest BCUT2D eigenvalue weighted by Crippen LogP contribution is -2.25. The Morgan fingerprint density at radius 2 is 1.83 bits per heavy atom. The third-order valence-corrected chi connectivity index (χ3v) is 3.72. The van der Waals surface area contributed by atoms with E-state index in [1.807, 2.05) is 31.2 Å². The number of carboxylic acids is 2. The monoisotopic (exact) mass is 314 g/mol. The number of benzene rings is 2. The maximum Gasteiger partial charge on any atom is 0.335 e. The normalized spacial score (nSPS) is 11.9. The molecule has 1 atom stereocenters. The third kappa shape index (κ3) is 3.76. The Bertz CT molecular complexity index is 736. The Kier molecular flexibility index (Phi) is 5.13. The summed E-state index contributed by atoms with van der Waals surface area (Å²) >= 11 is 0. The van der Waals surface area contributed by atoms with Crippen molar-refractivity contribution in [3.63, 3.8) is 0 Å². The molecule has 0 aromatic heterocycles. The molecule has 5 heteroatoms. The molecule has 0 radical (unpaired) electrons. The van der Waals surface area contributed by atoms with Crippen molar-refractivity contribution in [3.05, 3.63) is 59.2 Å². The van der Waals surface area contributed by atoms with E-state index in [-0.39, 0.29) is 12.0 Å². The van der Waals surface area contributed by atoms with Crippen molar-refractivity contribution in [2.24, 2.45) is 0 Å². The number of aliphatic carboxylic acids is 1. The van der Waals surface area contributed by atoms with E-state index in [2.05, 4.69) is 0 Å². The average Bonchev–Trinajstić information content (AvgIpc) is 2.52. The Balaban J connectivity index is 2.52. The second-order valence-electron chi connectivity index (χ2n) is 5.26. The summed E-state index contributed by atoms with van der Waals surface area (Å²) < 4.78 is 5.01. The largest absolute Gasteiger partial charge is 0.479 e. The highest BCUT2D eigenvalue weighted by Gasteiger charge is 2.20. The van der Waals surface area contributed by atoms with Crippen LogP contribution in [0.1, 0.15) is 21.5 Å². The first-order valence-electron chi connectivity index (χ1n) is 7.12. The van der Waals surface area contributed by atoms with Gasteiger partial charge in [0.25, 0.3) is 0 Å². The first-order valence-corrected chi connectivity index (χ1v) is 7.12. The summed E-state index contributed by atoms with van der Waals surface area (Å²) in [4.78, 5) is 22.4. The van der Waals surface area contributed by atoms with Crippen LogP contribution < -0.4 is 0 Å². The van der Waals surface area contributed by atoms with Crippen LogP contribution in [0.15, 0.2) is 42.5 Å². The molecule has 120 valence electrons. The van der Waals surface area contributed by atoms with Gasteiger partial charge in [-0.15, -0.1) is 0 Å². The molecule has 0 spiro atoms. The summed E-state index contributed by atoms with van der Waals surface area (Å²) in [7, 11) is 1.36. The smallest absolute Gasteiger partial charge is 0.335 e. The van der Waals surface area contributed by atoms with Gasteiger partial charge in [0, 0.05) is 13.5 Å². The van der Waals surface area contributed by atoms with Gasteiger partial charge in [-0.25, -0.2) is 9.59 Å². The minimum absolute atomic E-state index is 0.193. The first-order chi connectivity index (χ1) is 10.9. The van der Waals surface area contributed by atoms with E-state index in [4.69, 9.17) is 9.84 Å². The minimum Gasteiger partial charge on any atom is -0.479 e. The molecule has 2 aromatic rings. The van der Waals surface area contributed by atoms with E-state index >= 15 is 0 Å². The lowest BCUT2D eigenvalue weighted by Gasteiger charge is -2.16. The fourth-order valence-corrected chi connectivity index (χ4v) is 2.59. The first kappa shape index (κ1) is 16.7. The van der Waals surface area contributed by atoms with E-state index in [9.17, 15) is 14.7 Å². The number of ether oxygens (including phenoxy) is 1. The molecule has 0 aliphatic rings. The van der Waals surface area contributed by atoms with Crippen LogP contribution in [-0.2, 0) is 16.0 Å². The van der Waals surface area contributed by atoms with E-state index in [0.717, 1.165) is 22.3 Å². The zero-order valence-corrected chi connectivity index (χ0v) is 12.9. The highest BCUT2D eigenvalue weighted by atomic mass is 16.5. The van der Waals surface area contributed by atoms with Crippen LogP contribution >= 0.6 is 0 Å². The predicted molar refractivity (Wildman–Crippen MR) is 85.7 cm³/mol. The van der Waals surface area contributed by atoms with Crippen LogP contribution in [0, 0.1) is 6.92 Å². The topological polar surface area (TPSA) is 83.8 Å². The van der Waals surface area contributed by atoms with E-state index in [1.54, 1.807) is 12.1 Å². The molecule has 1 unspecified atom stereocenters. The molecule has 2 rings (SSSR count). The maximum absolute atomic E-state index is 11.2. The van der Waals surface area contributed by atoms with Crippen molar-refractivity contribution in [2.45, 2.75) is 19.4 Å². The molecule has 5 nitrogen and oxygen atoms in total. The summed E-state index contributed by atoms with van der Waals surface area (Å²) in [6, 6.07) is 12.2. The molecule has 0 heterocycles. The zero-order valence-electron chi connectivity index (χ0n) is 12.9. The van der Waals surface area contributed by atoms with Gasteiger partial charge < -0.3 is 14.9 Å². The van der Waals surface area contributed by atoms with Crippen molar-refractivity contribution in [1.82, 2.24) is 0 Å². The zero-order chi connectivity index (χ0) is 17.0. The van der Waals surface area contributed by atoms with Gasteiger partial charge in [-0.1, -0.05) is 30.3 Å². The van der Waals surface area contributed by atoms with Gasteiger partial charge in [0.1, 0.15) is 0 Å². The molecule has 0 fully saturated rings. The third-order valence-electron chi connectivity index (χ3n) is 3.72. The van der Waals surface area contributed by atoms with Crippen LogP contribution in [0.4, 0.5) is 0 Å². The van der Waals surface area contributed by atoms with Gasteiger partial charge >= 0.3 is 11.9 Å². The Hall–Kier alpha value is -2.66. The summed E-state index contributed by atoms with van der Waals surface area (Å²) in [6.07, 6.45) is -0.738. The van der Waals surface area contributed by atoms with Gasteiger partial charge in [0.05, 0.1) is 5.56 Å². The van der Waals surface area contributed by atoms with Crippen molar-refractivity contribution in [1.29, 1.82) is 0 Å². The molecule has 2 N–H and O–H groups in total. The molecular formula is C18H18O5. The molecule has 0 aliphatic heterocycles. The molecule has 0 saturated carbocycles. The lowest BCUT2D eigenvalue weighted by atomic mass is 9.91. The molecule has 0 saturated heterocycles. The number of rotatable bonds is 6. The fraction of sp³-hybridized carbons (Fsp3) is 0.222. The number of aryl methyl sites for hydroxylation is 1. The van der Waals surface area contributed by atoms with Crippen molar-refractivity contribution in [2.75, 3.05) is 7.11 Å². The fourth-order valence-electron chi connectivity index (χ4n) is 2.59. The SMILES string of the molecule is COC(Cc1cccc(C)c1-c1cccc(C(=O)O)c1)C(=O)O. The molecule has 0 bridgehead atoms. The standard InChI is InChI=1S/C18H18O5/c1-11-5-3-6-13(10-15(23-2)18(21)22)16(11)12-7-4-8-14(9-12)17(19)20/h3-9,15H,10H2,1-2H3,(H,19,20)(H,21,22). The summed E-state index contributed by atoms with van der Waals surface area (Å²) in [5, 5.41) is 18.3. The number of hydrogen-bond acceptors (Lipinski definition) is 3. The van der Waals surface area contributed by atoms with Crippen LogP contribution in [0.5, 0.6) is 0 Å². The molecule has 2 aromatic carbocycles. The van der Waals surface area contributed by atoms with Crippen LogP contribution in [0.25, 0.3) is 11.1 Å². The highest BCUT2D eigenvalue weighted by Crippen LogP contribution is 2.29. The van der Waals surface area contributed by atoms with Gasteiger partial charge in [-0.3, -0.25) is 0 Å². The second kappa shape index (κ2) is 7.07. The summed E-state index contributed by atoms with van der Waals surface area (Å²) in [5.74, 6) is -2.03. The van der Waals surface area contributed by atoms with Gasteiger partial charge in [0.15, 0.2) is 6.10 Å². The lowest BCUT2D eigenvalue weighted by molar-refractivity contribution is -0.148. The van der Waals surface area contributed by atoms with Crippen molar-refractivity contribution < 1.29 is 24.5 Å². The predicted octanol–water partition coefficient (Wildman–Crippen LogP) is 3.00. The number of carboxylic acid groups (broad SMARTS) is 2. The maximum atomic E-state index is 11.2. The Morgan fingerprint density at radius 1 is 1.13 bits per heavy atom. The number of aromatic carboxylic acids is 1. The average molecular weight is 314 g/mol. The number of methoxy groups -OCH3 is 1. The van der Waals surface area contributed by atoms with Crippen molar-refractivity contribution in [3.8, 4) is 11.1 Å². The minimum atomic E-state index is -1.03. The van der Waals surface area contributed by atoms with E-state index in [0.29, 0.717) is 0 Å². The van der Waals surface area contributed by atoms with Gasteiger partial charge in [-0.05, 0) is 41.3 Å². The quantitative estimate of drug-likeness (QED) is 0.856. The van der Waals surface area contributed by atoms with Crippen LogP contribution in [-0.4, -0.2) is 35.4 Å². The van der Waals surface area contributed by atoms with Gasteiger partial charge in [0.2, 0.25) is 0 Å². The molecular weight excluding hydrogens is 296 g/mol. The van der Waals surface area contributed by atoms with E-state index < -0.39 is 18.0 Å². The van der Waals surface area contributed by atoms with E-state index in [1.165, 1.54) is 13.2 Å². The molecule has 0 aliphatic carbocycles. The van der Waals surface area contributed by atoms with Crippen LogP contribution in [0.2, 0.25) is 0 Å². The number of hydrogen-bond donors (Lipinski definition) is 2. The van der Waals surface area contributed by atoms with Crippen LogP contribution in [0.3, 0.4) is 0 Å². The second-order valence-corrected chi connectivity index (χ2v) is 5.26. The Labute approximate surface area is 134 Å². The molecule has 0 amide bonds. The molecule has 23 heavy (non-hydrogen) atoms. The Morgan fingerprint density at radius 3 is 2.43 bits per heavy atom. The van der Waals surface area contributed by atoms with Crippen molar-refractivity contribution >= 4 is 11.9 Å². The van der Waals surface area contributed by atoms with Gasteiger partial charge in [-0.2, -0.15) is 0 Å². The summed E-state index contributed by atoms with van der Waals surface area (Å²) in [5.41, 5.74) is 3.54. The summed E-state index contributed by atoms with van der Waals surface area (Å²) in [6.45, 7) is 1.91. The highest BCUT2D eigenvalue weighted by molar-refractivity contribution is 5.90.